The largest absolute Gasteiger partial charge is 0.0991 e. The van der Waals surface area contributed by atoms with E-state index in [2.05, 4.69) is 67.2 Å². The van der Waals surface area contributed by atoms with Crippen molar-refractivity contribution in [3.63, 3.8) is 0 Å². The average Bonchev–Trinajstić information content (AvgIpc) is 2.51. The van der Waals surface area contributed by atoms with Crippen LogP contribution in [0.4, 0.5) is 0 Å². The summed E-state index contributed by atoms with van der Waals surface area (Å²) < 4.78 is 0. The summed E-state index contributed by atoms with van der Waals surface area (Å²) >= 11 is 0. The van der Waals surface area contributed by atoms with Crippen molar-refractivity contribution in [3.8, 4) is 0 Å². The number of allylic oxidation sites excluding steroid dienone is 5. The minimum atomic E-state index is 0.777. The second kappa shape index (κ2) is 11.0. The van der Waals surface area contributed by atoms with Crippen LogP contribution in [0.15, 0.2) is 97.6 Å². The third kappa shape index (κ3) is 7.51. The molecule has 0 aliphatic heterocycles. The minimum Gasteiger partial charge on any atom is -0.0991 e. The van der Waals surface area contributed by atoms with Gasteiger partial charge < -0.3 is 0 Å². The Balaban J connectivity index is 0.000000246. The Bertz CT molecular complexity index is 487. The first-order valence-corrected chi connectivity index (χ1v) is 7.64. The van der Waals surface area contributed by atoms with Crippen molar-refractivity contribution in [1.82, 2.24) is 0 Å². The van der Waals surface area contributed by atoms with Gasteiger partial charge in [-0.2, -0.15) is 0 Å². The summed E-state index contributed by atoms with van der Waals surface area (Å²) in [6.45, 7) is 5.49. The third-order valence-electron chi connectivity index (χ3n) is 2.39. The first kappa shape index (κ1) is 16.1. The van der Waals surface area contributed by atoms with E-state index >= 15 is 0 Å². The molecule has 20 heavy (non-hydrogen) atoms. The highest BCUT2D eigenvalue weighted by molar-refractivity contribution is 7.55. The average molecular weight is 280 g/mol. The van der Waals surface area contributed by atoms with Crippen molar-refractivity contribution in [2.45, 2.75) is 6.92 Å². The molecule has 0 amide bonds. The van der Waals surface area contributed by atoms with Gasteiger partial charge in [0.2, 0.25) is 0 Å². The topological polar surface area (TPSA) is 0 Å². The molecule has 0 aliphatic carbocycles. The van der Waals surface area contributed by atoms with Crippen LogP contribution in [0.3, 0.4) is 0 Å². The van der Waals surface area contributed by atoms with Gasteiger partial charge in [0.25, 0.3) is 0 Å². The lowest BCUT2D eigenvalue weighted by molar-refractivity contribution is 1.73. The normalized spacial score (nSPS) is 10.2. The maximum Gasteiger partial charge on any atom is -0.0226 e. The third-order valence-corrected chi connectivity index (χ3v) is 3.63. The molecule has 0 spiro atoms. The molecule has 0 nitrogen and oxygen atoms in total. The fraction of sp³-hybridized carbons (Fsp3) is 0.0526. The predicted molar refractivity (Wildman–Crippen MR) is 94.6 cm³/mol. The van der Waals surface area contributed by atoms with E-state index in [9.17, 15) is 0 Å². The number of hydrogen-bond acceptors (Lipinski definition) is 0. The molecular formula is C19H21P. The van der Waals surface area contributed by atoms with Crippen molar-refractivity contribution in [2.75, 3.05) is 0 Å². The second-order valence-electron chi connectivity index (χ2n) is 4.00. The summed E-state index contributed by atoms with van der Waals surface area (Å²) in [5, 5.41) is 2.79. The first-order chi connectivity index (χ1) is 9.86. The number of hydrogen-bond donors (Lipinski definition) is 0. The molecule has 0 saturated heterocycles. The van der Waals surface area contributed by atoms with Crippen LogP contribution >= 0.6 is 8.58 Å². The van der Waals surface area contributed by atoms with Gasteiger partial charge in [-0.3, -0.25) is 0 Å². The summed E-state index contributed by atoms with van der Waals surface area (Å²) in [4.78, 5) is 0. The van der Waals surface area contributed by atoms with Gasteiger partial charge >= 0.3 is 0 Å². The molecule has 102 valence electrons. The SMILES string of the molecule is C=C/C=C\C=C/C.c1ccc(Pc2ccccc2)cc1. The first-order valence-electron chi connectivity index (χ1n) is 6.64. The van der Waals surface area contributed by atoms with Crippen molar-refractivity contribution in [3.05, 3.63) is 97.6 Å². The molecule has 0 saturated carbocycles. The van der Waals surface area contributed by atoms with E-state index in [0.29, 0.717) is 0 Å². The van der Waals surface area contributed by atoms with E-state index in [0.717, 1.165) is 8.58 Å². The van der Waals surface area contributed by atoms with Crippen LogP contribution in [-0.4, -0.2) is 0 Å². The standard InChI is InChI=1S/C12H11P.C7H10/c1-3-7-11(8-4-1)13-12-9-5-2-6-10-12;1-3-5-7-6-4-2/h1-10,13H;3-7H,1H2,2H3/b;6-4-,7-5-. The summed E-state index contributed by atoms with van der Waals surface area (Å²) in [6, 6.07) is 21.2. The van der Waals surface area contributed by atoms with E-state index in [1.54, 1.807) is 6.08 Å². The second-order valence-corrected chi connectivity index (χ2v) is 5.41. The summed E-state index contributed by atoms with van der Waals surface area (Å²) in [5.74, 6) is 0. The smallest absolute Gasteiger partial charge is 0.0226 e. The van der Waals surface area contributed by atoms with Gasteiger partial charge in [-0.25, -0.2) is 0 Å². The van der Waals surface area contributed by atoms with Crippen LogP contribution in [0, 0.1) is 0 Å². The van der Waals surface area contributed by atoms with Crippen LogP contribution in [0.2, 0.25) is 0 Å². The molecular weight excluding hydrogens is 259 g/mol. The van der Waals surface area contributed by atoms with Crippen LogP contribution < -0.4 is 10.6 Å². The van der Waals surface area contributed by atoms with Crippen molar-refractivity contribution in [2.24, 2.45) is 0 Å². The van der Waals surface area contributed by atoms with Gasteiger partial charge in [-0.15, -0.1) is 0 Å². The van der Waals surface area contributed by atoms with Gasteiger partial charge in [0.15, 0.2) is 0 Å². The quantitative estimate of drug-likeness (QED) is 0.566. The monoisotopic (exact) mass is 280 g/mol. The van der Waals surface area contributed by atoms with E-state index in [1.807, 2.05) is 31.2 Å². The Morgan fingerprint density at radius 2 is 1.25 bits per heavy atom. The Morgan fingerprint density at radius 1 is 0.750 bits per heavy atom. The van der Waals surface area contributed by atoms with Gasteiger partial charge in [0, 0.05) is 0 Å². The Kier molecular flexibility index (Phi) is 8.85. The fourth-order valence-corrected chi connectivity index (χ4v) is 2.52. The zero-order chi connectivity index (χ0) is 14.5. The van der Waals surface area contributed by atoms with Gasteiger partial charge in [0.05, 0.1) is 0 Å². The minimum absolute atomic E-state index is 0.777. The zero-order valence-electron chi connectivity index (χ0n) is 11.9. The Hall–Kier alpha value is -1.91. The van der Waals surface area contributed by atoms with Crippen LogP contribution in [-0.2, 0) is 0 Å². The fourth-order valence-electron chi connectivity index (χ4n) is 1.46. The van der Waals surface area contributed by atoms with Crippen molar-refractivity contribution < 1.29 is 0 Å². The lowest BCUT2D eigenvalue weighted by Crippen LogP contribution is -2.01. The highest BCUT2D eigenvalue weighted by Crippen LogP contribution is 2.08. The van der Waals surface area contributed by atoms with E-state index in [1.165, 1.54) is 10.6 Å². The maximum absolute atomic E-state index is 3.51. The number of rotatable bonds is 4. The van der Waals surface area contributed by atoms with Gasteiger partial charge in [-0.05, 0) is 17.5 Å². The van der Waals surface area contributed by atoms with E-state index in [4.69, 9.17) is 0 Å². The van der Waals surface area contributed by atoms with Gasteiger partial charge in [0.1, 0.15) is 0 Å². The Labute approximate surface area is 124 Å². The molecule has 0 aromatic heterocycles. The summed E-state index contributed by atoms with van der Waals surface area (Å²) in [6.07, 6.45) is 9.51. The lowest BCUT2D eigenvalue weighted by atomic mass is 10.4. The summed E-state index contributed by atoms with van der Waals surface area (Å²) in [7, 11) is 0.777. The highest BCUT2D eigenvalue weighted by atomic mass is 31.1. The number of benzene rings is 2. The van der Waals surface area contributed by atoms with Crippen molar-refractivity contribution >= 4 is 19.2 Å². The predicted octanol–water partition coefficient (Wildman–Crippen LogP) is 4.62. The van der Waals surface area contributed by atoms with Crippen LogP contribution in [0.1, 0.15) is 6.92 Å². The molecule has 2 aromatic rings. The maximum atomic E-state index is 3.51. The molecule has 1 heteroatoms. The van der Waals surface area contributed by atoms with Gasteiger partial charge in [-0.1, -0.05) is 106 Å². The molecule has 0 aliphatic rings. The molecule has 0 atom stereocenters. The van der Waals surface area contributed by atoms with E-state index in [-0.39, 0.29) is 0 Å². The lowest BCUT2D eigenvalue weighted by Gasteiger charge is -2.00. The Morgan fingerprint density at radius 3 is 1.65 bits per heavy atom. The molecule has 2 aromatic carbocycles. The van der Waals surface area contributed by atoms with E-state index < -0.39 is 0 Å². The molecule has 0 N–H and O–H groups in total. The zero-order valence-corrected chi connectivity index (χ0v) is 12.9. The molecule has 0 fully saturated rings. The molecule has 0 radical (unpaired) electrons. The molecule has 2 rings (SSSR count). The molecule has 0 unspecified atom stereocenters. The van der Waals surface area contributed by atoms with Crippen LogP contribution in [0.25, 0.3) is 0 Å². The van der Waals surface area contributed by atoms with Crippen LogP contribution in [0.5, 0.6) is 0 Å². The van der Waals surface area contributed by atoms with Crippen molar-refractivity contribution in [1.29, 1.82) is 0 Å². The summed E-state index contributed by atoms with van der Waals surface area (Å²) in [5.41, 5.74) is 0. The molecule has 0 bridgehead atoms. The molecule has 0 heterocycles. The highest BCUT2D eigenvalue weighted by Gasteiger charge is 1.92.